The van der Waals surface area contributed by atoms with Gasteiger partial charge in [0.25, 0.3) is 32.2 Å². The van der Waals surface area contributed by atoms with Crippen LogP contribution in [0, 0.1) is 30.8 Å². The molecule has 41 heavy (non-hydrogen) atoms. The number of ether oxygens (including phenoxy) is 2. The summed E-state index contributed by atoms with van der Waals surface area (Å²) in [6, 6.07) is 0. The van der Waals surface area contributed by atoms with Crippen LogP contribution >= 0.6 is 0 Å². The molecule has 0 saturated carbocycles. The van der Waals surface area contributed by atoms with E-state index in [9.17, 15) is 19.5 Å². The average molecular weight is 558 g/mol. The van der Waals surface area contributed by atoms with Crippen LogP contribution in [0.1, 0.15) is 6.42 Å². The number of nitrogens with zero attached hydrogens (tertiary/aromatic N) is 1. The van der Waals surface area contributed by atoms with E-state index in [0.29, 0.717) is 0 Å². The maximum Gasteiger partial charge on any atom is 0.508 e. The van der Waals surface area contributed by atoms with Gasteiger partial charge in [0, 0.05) is 12.2 Å². The van der Waals surface area contributed by atoms with Crippen molar-refractivity contribution in [2.75, 3.05) is 14.2 Å². The minimum Gasteiger partial charge on any atom is -0.593 e. The third-order valence-corrected chi connectivity index (χ3v) is 5.09. The van der Waals surface area contributed by atoms with Crippen molar-refractivity contribution in [2.24, 2.45) is 5.73 Å². The number of Topliss-reactive ketones (excluding diaryl/α,β-unsaturated/α-hetero) is 1. The predicted octanol–water partition coefficient (Wildman–Crippen LogP) is 2.79. The maximum atomic E-state index is 13.2. The molecule has 0 aromatic heterocycles. The quantitative estimate of drug-likeness (QED) is 0.135. The molecule has 2 amide bonds. The van der Waals surface area contributed by atoms with Crippen molar-refractivity contribution in [1.82, 2.24) is 0 Å². The number of rotatable bonds is 4. The average Bonchev–Trinajstić information content (AvgIpc) is 2.91. The SMILES string of the molecule is C=[O+]C1=C(OC(N)=O)C(=C)[CH+]C(=C)/C(OC)=C(/[O+]=C)CC(=C)C(=[O+]C)C2=[C+]C(O)=C=C([N-]C(=O)C(=C)C#C[CH+]1)C2=O. The van der Waals surface area contributed by atoms with Crippen LogP contribution in [-0.4, -0.2) is 56.5 Å². The molecular formula is C30H25N2O9+5. The Morgan fingerprint density at radius 1 is 1.15 bits per heavy atom. The lowest BCUT2D eigenvalue weighted by Crippen LogP contribution is -2.21. The molecule has 204 valence electrons. The minimum absolute atomic E-state index is 0.0156. The van der Waals surface area contributed by atoms with Crippen LogP contribution in [0.4, 0.5) is 4.79 Å². The van der Waals surface area contributed by atoms with Crippen LogP contribution in [0.25, 0.3) is 5.32 Å². The standard InChI is InChI=1S/C30H23N2O9/c1-16-10-9-11-23(37-5)28(41-30(31)36)18(3)12-17(2)27(40-8)24(38-6)13-19(4)26(39-7)21-14-20(33)15-22(25(21)34)32-29(16)35/h11-12H,1-6,13H2,7-8H3,(H-3,31,32,33,35,36)/q+3/p+2/b27-24-,28-23?. The van der Waals surface area contributed by atoms with Gasteiger partial charge in [0.1, 0.15) is 34.6 Å². The Labute approximate surface area is 236 Å². The molecule has 0 fully saturated rings. The molecule has 0 atom stereocenters. The van der Waals surface area contributed by atoms with Gasteiger partial charge in [-0.05, 0) is 13.2 Å². The number of hydrogen-bond acceptors (Lipinski definition) is 6. The van der Waals surface area contributed by atoms with Crippen molar-refractivity contribution < 1.29 is 42.2 Å². The van der Waals surface area contributed by atoms with E-state index in [0.717, 1.165) is 6.42 Å². The number of aliphatic hydroxyl groups excluding tert-OH is 1. The Bertz CT molecular complexity index is 1560. The fourth-order valence-corrected chi connectivity index (χ4v) is 3.35. The molecule has 3 N–H and O–H groups in total. The first-order chi connectivity index (χ1) is 19.4. The molecule has 0 radical (unpaired) electrons. The number of carbonyl (C=O) groups is 3. The summed E-state index contributed by atoms with van der Waals surface area (Å²) in [5.41, 5.74) is 6.58. The van der Waals surface area contributed by atoms with Crippen LogP contribution < -0.4 is 5.73 Å². The van der Waals surface area contributed by atoms with Gasteiger partial charge in [0.15, 0.2) is 0 Å². The maximum absolute atomic E-state index is 13.2. The molecule has 1 aliphatic carbocycles. The van der Waals surface area contributed by atoms with Gasteiger partial charge in [-0.25, -0.2) is 18.4 Å². The highest BCUT2D eigenvalue weighted by Crippen LogP contribution is 2.29. The molecule has 1 heterocycles. The molecule has 2 bridgehead atoms. The first kappa shape index (κ1) is 31.1. The molecule has 11 nitrogen and oxygen atoms in total. The van der Waals surface area contributed by atoms with E-state index < -0.39 is 29.2 Å². The zero-order valence-electron chi connectivity index (χ0n) is 22.3. The lowest BCUT2D eigenvalue weighted by atomic mass is 9.93. The highest BCUT2D eigenvalue weighted by Gasteiger charge is 2.43. The second-order valence-electron chi connectivity index (χ2n) is 7.83. The van der Waals surface area contributed by atoms with Crippen LogP contribution in [0.5, 0.6) is 0 Å². The largest absolute Gasteiger partial charge is 0.593 e. The lowest BCUT2D eigenvalue weighted by Gasteiger charge is -2.15. The van der Waals surface area contributed by atoms with E-state index in [-0.39, 0.29) is 63.1 Å². The number of amides is 2. The number of allylic oxidation sites excluding steroid dienone is 5. The summed E-state index contributed by atoms with van der Waals surface area (Å²) >= 11 is 0. The summed E-state index contributed by atoms with van der Waals surface area (Å²) < 4.78 is 26.2. The van der Waals surface area contributed by atoms with Crippen LogP contribution in [-0.2, 0) is 32.3 Å². The molecule has 0 aromatic rings. The van der Waals surface area contributed by atoms with E-state index >= 15 is 0 Å². The van der Waals surface area contributed by atoms with Gasteiger partial charge >= 0.3 is 40.5 Å². The van der Waals surface area contributed by atoms with E-state index in [2.05, 4.69) is 68.9 Å². The molecule has 0 saturated heterocycles. The predicted molar refractivity (Wildman–Crippen MR) is 148 cm³/mol. The van der Waals surface area contributed by atoms with Gasteiger partial charge in [-0.15, -0.1) is 0 Å². The molecule has 0 unspecified atom stereocenters. The summed E-state index contributed by atoms with van der Waals surface area (Å²) in [5.74, 6) is 1.90. The second-order valence-corrected chi connectivity index (χ2v) is 7.83. The molecule has 2 rings (SSSR count). The number of fused-ring (bicyclic) bond motifs is 2. The van der Waals surface area contributed by atoms with Gasteiger partial charge in [-0.3, -0.25) is 0 Å². The van der Waals surface area contributed by atoms with Crippen molar-refractivity contribution in [1.29, 1.82) is 0 Å². The van der Waals surface area contributed by atoms with Crippen LogP contribution in [0.15, 0.2) is 94.4 Å². The Morgan fingerprint density at radius 3 is 2.37 bits per heavy atom. The topological polar surface area (TPSA) is 164 Å². The Balaban J connectivity index is 2.77. The zero-order valence-corrected chi connectivity index (χ0v) is 22.3. The Morgan fingerprint density at radius 2 is 1.80 bits per heavy atom. The van der Waals surface area contributed by atoms with E-state index in [4.69, 9.17) is 28.5 Å². The van der Waals surface area contributed by atoms with Gasteiger partial charge in [-0.1, -0.05) is 13.2 Å². The van der Waals surface area contributed by atoms with Gasteiger partial charge < -0.3 is 30.4 Å². The summed E-state index contributed by atoms with van der Waals surface area (Å²) in [5, 5.41) is 13.8. The third-order valence-electron chi connectivity index (χ3n) is 5.09. The molecule has 1 aliphatic heterocycles. The highest BCUT2D eigenvalue weighted by atomic mass is 16.6. The number of ketones is 2. The molecule has 11 heteroatoms. The minimum atomic E-state index is -1.21. The van der Waals surface area contributed by atoms with Crippen molar-refractivity contribution in [3.63, 3.8) is 0 Å². The number of hydrogen-bond donors (Lipinski definition) is 2. The lowest BCUT2D eigenvalue weighted by molar-refractivity contribution is -0.419. The second kappa shape index (κ2) is 13.6. The van der Waals surface area contributed by atoms with Gasteiger partial charge in [0.05, 0.1) is 30.7 Å². The van der Waals surface area contributed by atoms with E-state index in [1.807, 2.05) is 0 Å². The third kappa shape index (κ3) is 7.50. The molecule has 2 aliphatic rings. The summed E-state index contributed by atoms with van der Waals surface area (Å²) in [6.45, 7) is 22.0. The number of carbonyl (C=O) groups excluding carboxylic acids is 6. The van der Waals surface area contributed by atoms with Crippen molar-refractivity contribution in [3.8, 4) is 11.8 Å². The Kier molecular flexibility index (Phi) is 10.4. The van der Waals surface area contributed by atoms with Crippen LogP contribution in [0.2, 0.25) is 0 Å². The zero-order chi connectivity index (χ0) is 30.9. The number of nitrogens with two attached hydrogens (primary N) is 1. The van der Waals surface area contributed by atoms with E-state index in [1.165, 1.54) is 20.6 Å². The van der Waals surface area contributed by atoms with Crippen molar-refractivity contribution in [3.05, 3.63) is 119 Å². The summed E-state index contributed by atoms with van der Waals surface area (Å²) in [7, 11) is 2.58. The fraction of sp³-hybridized carbons (Fsp3) is 0.100. The molecular weight excluding hydrogens is 532 g/mol. The van der Waals surface area contributed by atoms with Gasteiger partial charge in [0.2, 0.25) is 6.42 Å². The molecule has 0 spiro atoms. The number of methoxy groups -OCH3 is 1. The summed E-state index contributed by atoms with van der Waals surface area (Å²) in [6.07, 6.45) is 3.51. The van der Waals surface area contributed by atoms with Crippen LogP contribution in [0.3, 0.4) is 0 Å². The number of primary amides is 1. The van der Waals surface area contributed by atoms with Crippen molar-refractivity contribution in [2.45, 2.75) is 6.42 Å². The number of aliphatic hydroxyl groups is 1. The Hall–Kier alpha value is -6.07. The first-order valence-corrected chi connectivity index (χ1v) is 11.2. The van der Waals surface area contributed by atoms with Crippen molar-refractivity contribution >= 4 is 37.1 Å². The highest BCUT2D eigenvalue weighted by molar-refractivity contribution is 6.33. The smallest absolute Gasteiger partial charge is 0.508 e. The fourth-order valence-electron chi connectivity index (χ4n) is 3.35. The molecule has 0 aromatic carbocycles. The summed E-state index contributed by atoms with van der Waals surface area (Å²) in [4.78, 5) is 37.4. The normalized spacial score (nSPS) is 19.8. The first-order valence-electron chi connectivity index (χ1n) is 11.2. The van der Waals surface area contributed by atoms with Gasteiger partial charge in [-0.2, -0.15) is 4.42 Å². The van der Waals surface area contributed by atoms with E-state index in [1.54, 1.807) is 0 Å². The monoisotopic (exact) mass is 557 g/mol.